The molecule has 122 valence electrons. The number of rotatable bonds is 4. The molecule has 0 saturated heterocycles. The van der Waals surface area contributed by atoms with Gasteiger partial charge in [0, 0.05) is 18.0 Å². The first-order chi connectivity index (χ1) is 11.5. The fourth-order valence-electron chi connectivity index (χ4n) is 2.32. The highest BCUT2D eigenvalue weighted by Gasteiger charge is 2.18. The molecule has 3 aromatic rings. The van der Waals surface area contributed by atoms with Crippen molar-refractivity contribution in [3.05, 3.63) is 70.7 Å². The second kappa shape index (κ2) is 6.88. The van der Waals surface area contributed by atoms with Crippen molar-refractivity contribution in [3.63, 3.8) is 0 Å². The maximum absolute atomic E-state index is 13.0. The molecule has 0 fully saturated rings. The van der Waals surface area contributed by atoms with Gasteiger partial charge in [0.2, 0.25) is 0 Å². The van der Waals surface area contributed by atoms with E-state index in [4.69, 9.17) is 0 Å². The molecule has 0 aliphatic heterocycles. The van der Waals surface area contributed by atoms with E-state index in [1.165, 1.54) is 23.5 Å². The van der Waals surface area contributed by atoms with Crippen LogP contribution >= 0.6 is 11.3 Å². The van der Waals surface area contributed by atoms with Gasteiger partial charge in [0.05, 0.1) is 11.7 Å². The lowest BCUT2D eigenvalue weighted by atomic mass is 10.1. The van der Waals surface area contributed by atoms with Gasteiger partial charge in [-0.3, -0.25) is 9.78 Å². The minimum atomic E-state index is -0.295. The number of hydrogen-bond acceptors (Lipinski definition) is 4. The summed E-state index contributed by atoms with van der Waals surface area (Å²) >= 11 is 1.34. The third kappa shape index (κ3) is 3.49. The van der Waals surface area contributed by atoms with E-state index in [-0.39, 0.29) is 17.8 Å². The van der Waals surface area contributed by atoms with Gasteiger partial charge in [-0.05, 0) is 43.7 Å². The summed E-state index contributed by atoms with van der Waals surface area (Å²) in [4.78, 5) is 21.6. The van der Waals surface area contributed by atoms with Gasteiger partial charge in [-0.15, -0.1) is 11.3 Å². The van der Waals surface area contributed by atoms with E-state index in [9.17, 15) is 9.18 Å². The van der Waals surface area contributed by atoms with Crippen LogP contribution in [0.4, 0.5) is 4.39 Å². The number of aromatic nitrogens is 2. The van der Waals surface area contributed by atoms with Crippen molar-refractivity contribution in [2.75, 3.05) is 0 Å². The molecule has 1 unspecified atom stereocenters. The smallest absolute Gasteiger partial charge is 0.263 e. The Morgan fingerprint density at radius 1 is 1.25 bits per heavy atom. The fourth-order valence-corrected chi connectivity index (χ4v) is 3.28. The highest BCUT2D eigenvalue weighted by atomic mass is 32.1. The molecule has 0 aliphatic rings. The zero-order valence-corrected chi connectivity index (χ0v) is 14.1. The number of nitrogens with one attached hydrogen (secondary N) is 1. The first-order valence-electron chi connectivity index (χ1n) is 7.49. The monoisotopic (exact) mass is 341 g/mol. The molecule has 2 aromatic heterocycles. The summed E-state index contributed by atoms with van der Waals surface area (Å²) in [5.74, 6) is -0.478. The summed E-state index contributed by atoms with van der Waals surface area (Å²) in [6, 6.07) is 9.63. The van der Waals surface area contributed by atoms with Crippen LogP contribution < -0.4 is 5.32 Å². The van der Waals surface area contributed by atoms with E-state index in [1.807, 2.05) is 26.0 Å². The molecule has 1 N–H and O–H groups in total. The second-order valence-electron chi connectivity index (χ2n) is 5.42. The molecule has 1 aromatic carbocycles. The average Bonchev–Trinajstić information content (AvgIpc) is 2.98. The van der Waals surface area contributed by atoms with Gasteiger partial charge >= 0.3 is 0 Å². The molecular weight excluding hydrogens is 325 g/mol. The molecule has 24 heavy (non-hydrogen) atoms. The van der Waals surface area contributed by atoms with Crippen LogP contribution in [-0.4, -0.2) is 15.9 Å². The van der Waals surface area contributed by atoms with Crippen LogP contribution in [-0.2, 0) is 0 Å². The van der Waals surface area contributed by atoms with Gasteiger partial charge in [-0.25, -0.2) is 9.37 Å². The zero-order valence-electron chi connectivity index (χ0n) is 13.3. The summed E-state index contributed by atoms with van der Waals surface area (Å²) in [6.45, 7) is 3.68. The molecule has 0 aliphatic carbocycles. The summed E-state index contributed by atoms with van der Waals surface area (Å²) in [5, 5.41) is 3.70. The lowest BCUT2D eigenvalue weighted by Crippen LogP contribution is -2.26. The Balaban J connectivity index is 1.78. The number of thiazole rings is 1. The maximum atomic E-state index is 13.0. The molecule has 2 heterocycles. The summed E-state index contributed by atoms with van der Waals surface area (Å²) < 4.78 is 13.0. The molecule has 0 bridgehead atoms. The lowest BCUT2D eigenvalue weighted by Gasteiger charge is -2.13. The molecule has 0 spiro atoms. The molecule has 3 rings (SSSR count). The molecule has 4 nitrogen and oxygen atoms in total. The van der Waals surface area contributed by atoms with Crippen LogP contribution in [0.1, 0.15) is 33.9 Å². The highest BCUT2D eigenvalue weighted by molar-refractivity contribution is 7.17. The Hall–Kier alpha value is -2.60. The van der Waals surface area contributed by atoms with Crippen molar-refractivity contribution in [1.29, 1.82) is 0 Å². The minimum Gasteiger partial charge on any atom is -0.345 e. The van der Waals surface area contributed by atoms with Crippen molar-refractivity contribution in [1.82, 2.24) is 15.3 Å². The summed E-state index contributed by atoms with van der Waals surface area (Å²) in [7, 11) is 0. The molecule has 0 saturated carbocycles. The Labute approximate surface area is 143 Å². The van der Waals surface area contributed by atoms with Gasteiger partial charge in [-0.2, -0.15) is 0 Å². The first kappa shape index (κ1) is 16.3. The number of pyridine rings is 1. The number of hydrogen-bond donors (Lipinski definition) is 1. The summed E-state index contributed by atoms with van der Waals surface area (Å²) in [5.41, 5.74) is 2.42. The molecule has 1 atom stereocenters. The van der Waals surface area contributed by atoms with Crippen molar-refractivity contribution in [2.45, 2.75) is 19.9 Å². The number of carbonyl (C=O) groups excluding carboxylic acids is 1. The van der Waals surface area contributed by atoms with Gasteiger partial charge in [0.25, 0.3) is 5.91 Å². The largest absolute Gasteiger partial charge is 0.345 e. The molecule has 6 heteroatoms. The third-order valence-electron chi connectivity index (χ3n) is 3.63. The number of amides is 1. The molecular formula is C18H16FN3OS. The van der Waals surface area contributed by atoms with Gasteiger partial charge in [0.1, 0.15) is 15.7 Å². The summed E-state index contributed by atoms with van der Waals surface area (Å²) in [6.07, 6.45) is 3.42. The van der Waals surface area contributed by atoms with Crippen LogP contribution in [0, 0.1) is 12.7 Å². The Kier molecular flexibility index (Phi) is 4.66. The first-order valence-corrected chi connectivity index (χ1v) is 8.30. The van der Waals surface area contributed by atoms with Crippen LogP contribution in [0.5, 0.6) is 0 Å². The van der Waals surface area contributed by atoms with Crippen molar-refractivity contribution in [3.8, 4) is 10.6 Å². The van der Waals surface area contributed by atoms with E-state index in [2.05, 4.69) is 15.3 Å². The number of halogens is 1. The fraction of sp³-hybridized carbons (Fsp3) is 0.167. The predicted molar refractivity (Wildman–Crippen MR) is 92.4 cm³/mol. The Bertz CT molecular complexity index is 846. The highest BCUT2D eigenvalue weighted by Crippen LogP contribution is 2.27. The predicted octanol–water partition coefficient (Wildman–Crippen LogP) is 4.14. The number of benzene rings is 1. The zero-order chi connectivity index (χ0) is 17.1. The second-order valence-corrected chi connectivity index (χ2v) is 6.42. The topological polar surface area (TPSA) is 54.9 Å². The van der Waals surface area contributed by atoms with Gasteiger partial charge in [-0.1, -0.05) is 12.1 Å². The van der Waals surface area contributed by atoms with Gasteiger partial charge in [0.15, 0.2) is 0 Å². The SMILES string of the molecule is Cc1nc(-c2cccnc2)sc1C(=O)NC(C)c1ccc(F)cc1. The van der Waals surface area contributed by atoms with E-state index >= 15 is 0 Å². The van der Waals surface area contributed by atoms with E-state index in [0.717, 1.165) is 16.1 Å². The standard InChI is InChI=1S/C18H16FN3OS/c1-11(13-5-7-15(19)8-6-13)21-17(23)16-12(2)22-18(24-16)14-4-3-9-20-10-14/h3-11H,1-2H3,(H,21,23). The molecule has 1 amide bonds. The Morgan fingerprint density at radius 3 is 2.67 bits per heavy atom. The lowest BCUT2D eigenvalue weighted by molar-refractivity contribution is 0.0943. The van der Waals surface area contributed by atoms with Crippen LogP contribution in [0.15, 0.2) is 48.8 Å². The van der Waals surface area contributed by atoms with E-state index < -0.39 is 0 Å². The van der Waals surface area contributed by atoms with Crippen LogP contribution in [0.25, 0.3) is 10.6 Å². The number of aryl methyl sites for hydroxylation is 1. The quantitative estimate of drug-likeness (QED) is 0.776. The van der Waals surface area contributed by atoms with Gasteiger partial charge < -0.3 is 5.32 Å². The average molecular weight is 341 g/mol. The van der Waals surface area contributed by atoms with E-state index in [1.54, 1.807) is 24.5 Å². The Morgan fingerprint density at radius 2 is 2.00 bits per heavy atom. The number of nitrogens with zero attached hydrogens (tertiary/aromatic N) is 2. The van der Waals surface area contributed by atoms with Crippen molar-refractivity contribution < 1.29 is 9.18 Å². The number of carbonyl (C=O) groups is 1. The van der Waals surface area contributed by atoms with Crippen LogP contribution in [0.3, 0.4) is 0 Å². The van der Waals surface area contributed by atoms with Crippen LogP contribution in [0.2, 0.25) is 0 Å². The third-order valence-corrected chi connectivity index (χ3v) is 4.83. The van der Waals surface area contributed by atoms with E-state index in [0.29, 0.717) is 10.6 Å². The maximum Gasteiger partial charge on any atom is 0.263 e. The normalized spacial score (nSPS) is 12.0. The molecule has 0 radical (unpaired) electrons. The minimum absolute atomic E-state index is 0.183. The van der Waals surface area contributed by atoms with Crippen molar-refractivity contribution >= 4 is 17.2 Å². The van der Waals surface area contributed by atoms with Crippen molar-refractivity contribution in [2.24, 2.45) is 0 Å².